The van der Waals surface area contributed by atoms with Crippen molar-refractivity contribution in [3.05, 3.63) is 146 Å². The molecule has 0 unspecified atom stereocenters. The summed E-state index contributed by atoms with van der Waals surface area (Å²) < 4.78 is 4.69. The van der Waals surface area contributed by atoms with Crippen molar-refractivity contribution in [2.75, 3.05) is 0 Å². The molecule has 8 rings (SSSR count). The van der Waals surface area contributed by atoms with Crippen LogP contribution in [0, 0.1) is 0 Å². The molecule has 2 aromatic heterocycles. The highest BCUT2D eigenvalue weighted by molar-refractivity contribution is 6.15. The van der Waals surface area contributed by atoms with Gasteiger partial charge in [-0.1, -0.05) is 78.9 Å². The van der Waals surface area contributed by atoms with Crippen molar-refractivity contribution in [2.24, 2.45) is 0 Å². The fraction of sp³-hybridized carbons (Fsp3) is 0. The van der Waals surface area contributed by atoms with Gasteiger partial charge in [0.2, 0.25) is 0 Å². The molecule has 6 aromatic carbocycles. The van der Waals surface area contributed by atoms with Crippen LogP contribution in [0.25, 0.3) is 66.0 Å². The van der Waals surface area contributed by atoms with Gasteiger partial charge in [-0.25, -0.2) is 0 Å². The average Bonchev–Trinajstić information content (AvgIpc) is 3.54. The minimum Gasteiger partial charge on any atom is -0.317 e. The largest absolute Gasteiger partial charge is 0.317 e. The molecule has 2 nitrogen and oxygen atoms in total. The molecule has 0 aliphatic carbocycles. The zero-order valence-electron chi connectivity index (χ0n) is 20.8. The molecule has 0 bridgehead atoms. The second kappa shape index (κ2) is 8.22. The maximum absolute atomic E-state index is 2.38. The minimum atomic E-state index is 1.17. The molecular weight excluding hydrogens is 460 g/mol. The second-order valence-electron chi connectivity index (χ2n) is 9.92. The summed E-state index contributed by atoms with van der Waals surface area (Å²) in [6, 6.07) is 50.3. The van der Waals surface area contributed by atoms with E-state index in [1.165, 1.54) is 66.0 Å². The maximum atomic E-state index is 2.38. The summed E-state index contributed by atoms with van der Waals surface area (Å²) in [6.45, 7) is 0. The lowest BCUT2D eigenvalue weighted by atomic mass is 10.0. The minimum absolute atomic E-state index is 1.17. The molecule has 0 N–H and O–H groups in total. The van der Waals surface area contributed by atoms with Crippen LogP contribution < -0.4 is 0 Å². The number of nitrogens with zero attached hydrogens (tertiary/aromatic N) is 2. The molecule has 0 amide bonds. The fourth-order valence-electron chi connectivity index (χ4n) is 5.89. The molecule has 0 radical (unpaired) electrons. The predicted molar refractivity (Wildman–Crippen MR) is 161 cm³/mol. The van der Waals surface area contributed by atoms with Gasteiger partial charge in [0, 0.05) is 33.7 Å². The van der Waals surface area contributed by atoms with E-state index in [0.717, 1.165) is 0 Å². The zero-order valence-corrected chi connectivity index (χ0v) is 20.8. The molecule has 38 heavy (non-hydrogen) atoms. The van der Waals surface area contributed by atoms with Crippen LogP contribution in [0.15, 0.2) is 146 Å². The van der Waals surface area contributed by atoms with Crippen molar-refractivity contribution in [3.8, 4) is 22.5 Å². The van der Waals surface area contributed by atoms with Gasteiger partial charge in [0.1, 0.15) is 0 Å². The molecule has 0 atom stereocenters. The first kappa shape index (κ1) is 21.0. The number of para-hydroxylation sites is 2. The van der Waals surface area contributed by atoms with Gasteiger partial charge in [-0.05, 0) is 82.6 Å². The highest BCUT2D eigenvalue weighted by Crippen LogP contribution is 2.36. The van der Waals surface area contributed by atoms with Crippen LogP contribution >= 0.6 is 0 Å². The summed E-state index contributed by atoms with van der Waals surface area (Å²) in [7, 11) is 0. The van der Waals surface area contributed by atoms with E-state index in [2.05, 4.69) is 155 Å². The van der Waals surface area contributed by atoms with Gasteiger partial charge in [0.15, 0.2) is 0 Å². The number of benzene rings is 6. The summed E-state index contributed by atoms with van der Waals surface area (Å²) in [5.41, 5.74) is 8.49. The van der Waals surface area contributed by atoms with Crippen LogP contribution in [-0.2, 0) is 0 Å². The molecular formula is C36H24N2. The summed E-state index contributed by atoms with van der Waals surface area (Å²) in [6.07, 6.45) is 2.19. The molecule has 2 heteroatoms. The van der Waals surface area contributed by atoms with Crippen LogP contribution in [0.5, 0.6) is 0 Å². The first-order valence-corrected chi connectivity index (χ1v) is 13.0. The number of fused-ring (bicyclic) bond motifs is 5. The molecule has 0 aliphatic heterocycles. The number of hydrogen-bond donors (Lipinski definition) is 0. The van der Waals surface area contributed by atoms with Gasteiger partial charge in [-0.15, -0.1) is 0 Å². The van der Waals surface area contributed by atoms with Crippen molar-refractivity contribution in [1.29, 1.82) is 0 Å². The van der Waals surface area contributed by atoms with E-state index in [1.54, 1.807) is 0 Å². The van der Waals surface area contributed by atoms with Gasteiger partial charge in [-0.2, -0.15) is 0 Å². The predicted octanol–water partition coefficient (Wildman–Crippen LogP) is 9.55. The lowest BCUT2D eigenvalue weighted by Crippen LogP contribution is -1.93. The van der Waals surface area contributed by atoms with Crippen LogP contribution in [-0.4, -0.2) is 9.13 Å². The molecule has 8 aromatic rings. The topological polar surface area (TPSA) is 9.86 Å². The van der Waals surface area contributed by atoms with E-state index in [1.807, 2.05) is 0 Å². The third-order valence-corrected chi connectivity index (χ3v) is 7.68. The smallest absolute Gasteiger partial charge is 0.0547 e. The van der Waals surface area contributed by atoms with Crippen LogP contribution in [0.2, 0.25) is 0 Å². The second-order valence-corrected chi connectivity index (χ2v) is 9.92. The fourth-order valence-corrected chi connectivity index (χ4v) is 5.89. The summed E-state index contributed by atoms with van der Waals surface area (Å²) in [5.74, 6) is 0. The lowest BCUT2D eigenvalue weighted by molar-refractivity contribution is 1.13. The molecule has 0 fully saturated rings. The monoisotopic (exact) mass is 484 g/mol. The van der Waals surface area contributed by atoms with Crippen molar-refractivity contribution >= 4 is 43.5 Å². The number of hydrogen-bond acceptors (Lipinski definition) is 0. The van der Waals surface area contributed by atoms with E-state index < -0.39 is 0 Å². The third-order valence-electron chi connectivity index (χ3n) is 7.68. The molecule has 0 aliphatic rings. The van der Waals surface area contributed by atoms with Crippen LogP contribution in [0.3, 0.4) is 0 Å². The SMILES string of the molecule is c1ccc(-c2cccc(-n3ccc4cc5cc6c(cc5cc43)c3ccccc3n6-c3ccccc3)c2)cc1. The van der Waals surface area contributed by atoms with Gasteiger partial charge >= 0.3 is 0 Å². The van der Waals surface area contributed by atoms with Crippen molar-refractivity contribution < 1.29 is 0 Å². The Labute approximate surface area is 220 Å². The normalized spacial score (nSPS) is 11.7. The Morgan fingerprint density at radius 1 is 0.368 bits per heavy atom. The van der Waals surface area contributed by atoms with Crippen LogP contribution in [0.4, 0.5) is 0 Å². The first-order chi connectivity index (χ1) is 18.8. The first-order valence-electron chi connectivity index (χ1n) is 13.0. The van der Waals surface area contributed by atoms with Crippen molar-refractivity contribution in [1.82, 2.24) is 9.13 Å². The summed E-state index contributed by atoms with van der Waals surface area (Å²) in [4.78, 5) is 0. The number of rotatable bonds is 3. The van der Waals surface area contributed by atoms with Gasteiger partial charge in [-0.3, -0.25) is 0 Å². The summed E-state index contributed by atoms with van der Waals surface area (Å²) in [5, 5.41) is 6.30. The van der Waals surface area contributed by atoms with Gasteiger partial charge < -0.3 is 9.13 Å². The van der Waals surface area contributed by atoms with E-state index >= 15 is 0 Å². The molecule has 0 spiro atoms. The number of aromatic nitrogens is 2. The Morgan fingerprint density at radius 2 is 1.05 bits per heavy atom. The van der Waals surface area contributed by atoms with E-state index in [4.69, 9.17) is 0 Å². The van der Waals surface area contributed by atoms with Gasteiger partial charge in [0.25, 0.3) is 0 Å². The Hall–Kier alpha value is -5.08. The average molecular weight is 485 g/mol. The molecule has 0 saturated carbocycles. The van der Waals surface area contributed by atoms with Crippen molar-refractivity contribution in [3.63, 3.8) is 0 Å². The van der Waals surface area contributed by atoms with E-state index in [9.17, 15) is 0 Å². The quantitative estimate of drug-likeness (QED) is 0.236. The lowest BCUT2D eigenvalue weighted by Gasteiger charge is -2.10. The third kappa shape index (κ3) is 3.21. The van der Waals surface area contributed by atoms with Crippen molar-refractivity contribution in [2.45, 2.75) is 0 Å². The summed E-state index contributed by atoms with van der Waals surface area (Å²) >= 11 is 0. The maximum Gasteiger partial charge on any atom is 0.0547 e. The standard InChI is InChI=1S/C36H24N2/c1-3-10-25(11-4-1)26-12-9-15-31(21-26)37-19-18-27-20-28-24-36-33(22-29(28)23-35(27)37)32-16-7-8-17-34(32)38(36)30-13-5-2-6-14-30/h1-24H. The Morgan fingerprint density at radius 3 is 1.92 bits per heavy atom. The molecule has 0 saturated heterocycles. The Balaban J connectivity index is 1.35. The Bertz CT molecular complexity index is 2110. The van der Waals surface area contributed by atoms with Crippen LogP contribution in [0.1, 0.15) is 0 Å². The highest BCUT2D eigenvalue weighted by Gasteiger charge is 2.14. The highest BCUT2D eigenvalue weighted by atomic mass is 15.0. The molecule has 178 valence electrons. The van der Waals surface area contributed by atoms with Gasteiger partial charge in [0.05, 0.1) is 16.6 Å². The van der Waals surface area contributed by atoms with E-state index in [0.29, 0.717) is 0 Å². The van der Waals surface area contributed by atoms with E-state index in [-0.39, 0.29) is 0 Å². The molecule has 2 heterocycles. The Kier molecular flexibility index (Phi) is 4.55. The zero-order chi connectivity index (χ0) is 25.1.